The van der Waals surface area contributed by atoms with Gasteiger partial charge < -0.3 is 25.1 Å². The van der Waals surface area contributed by atoms with Crippen LogP contribution >= 0.6 is 0 Å². The number of ether oxygens (including phenoxy) is 3. The Morgan fingerprint density at radius 3 is 1.84 bits per heavy atom. The smallest absolute Gasteiger partial charge is 0.334 e. The summed E-state index contributed by atoms with van der Waals surface area (Å²) in [6.07, 6.45) is 5.12. The van der Waals surface area contributed by atoms with Gasteiger partial charge in [-0.2, -0.15) is 0 Å². The lowest BCUT2D eigenvalue weighted by Gasteiger charge is -2.38. The molecule has 4 atom stereocenters. The summed E-state index contributed by atoms with van der Waals surface area (Å²) in [6.45, 7) is 33.1. The van der Waals surface area contributed by atoms with Gasteiger partial charge in [0.15, 0.2) is 0 Å². The van der Waals surface area contributed by atoms with Gasteiger partial charge in [-0.3, -0.25) is 0 Å². The van der Waals surface area contributed by atoms with Crippen molar-refractivity contribution in [2.45, 2.75) is 102 Å². The van der Waals surface area contributed by atoms with Gasteiger partial charge in [0.1, 0.15) is 12.7 Å². The van der Waals surface area contributed by atoms with E-state index in [0.717, 1.165) is 6.42 Å². The van der Waals surface area contributed by atoms with Crippen LogP contribution in [0, 0.1) is 34.0 Å². The summed E-state index contributed by atoms with van der Waals surface area (Å²) in [4.78, 5) is 45.0. The van der Waals surface area contributed by atoms with Crippen molar-refractivity contribution in [1.82, 2.24) is 0 Å². The second kappa shape index (κ2) is 17.5. The first-order chi connectivity index (χ1) is 20.4. The van der Waals surface area contributed by atoms with E-state index < -0.39 is 17.9 Å². The maximum atomic E-state index is 11.8. The molecule has 9 heteroatoms. The zero-order chi connectivity index (χ0) is 35.5. The highest BCUT2D eigenvalue weighted by Gasteiger charge is 2.62. The molecule has 0 spiro atoms. The molecule has 0 aliphatic heterocycles. The first kappa shape index (κ1) is 41.8. The molecule has 0 saturated heterocycles. The number of carboxylic acid groups (broad SMARTS) is 1. The van der Waals surface area contributed by atoms with Crippen LogP contribution in [0.3, 0.4) is 0 Å². The second-order valence-electron chi connectivity index (χ2n) is 14.5. The van der Waals surface area contributed by atoms with Gasteiger partial charge in [-0.1, -0.05) is 81.2 Å². The van der Waals surface area contributed by atoms with Crippen LogP contribution in [0.15, 0.2) is 48.1 Å². The van der Waals surface area contributed by atoms with Gasteiger partial charge in [-0.15, -0.1) is 0 Å². The molecule has 9 nitrogen and oxygen atoms in total. The minimum absolute atomic E-state index is 0.0884. The number of esters is 3. The Balaban J connectivity index is 0.000000676. The number of allylic oxidation sites excluding steroid dienone is 1. The lowest BCUT2D eigenvalue weighted by Crippen LogP contribution is -2.38. The van der Waals surface area contributed by atoms with Crippen molar-refractivity contribution in [3.8, 4) is 0 Å². The number of carbonyl (C=O) groups excluding carboxylic acids is 3. The fraction of sp³-hybridized carbons (Fsp3) is 0.667. The third kappa shape index (κ3) is 12.3. The van der Waals surface area contributed by atoms with Gasteiger partial charge in [0, 0.05) is 40.2 Å². The number of hydrogen-bond acceptors (Lipinski definition) is 8. The lowest BCUT2D eigenvalue weighted by molar-refractivity contribution is -0.152. The quantitative estimate of drug-likeness (QED) is 0.142. The molecule has 0 aromatic carbocycles. The molecule has 0 radical (unpaired) electrons. The topological polar surface area (TPSA) is 142 Å². The fourth-order valence-corrected chi connectivity index (χ4v) is 5.47. The van der Waals surface area contributed by atoms with E-state index in [0.29, 0.717) is 35.0 Å². The number of aliphatic carboxylic acids is 1. The van der Waals surface area contributed by atoms with E-state index in [9.17, 15) is 19.2 Å². The number of rotatable bonds is 11. The molecule has 0 aromatic heterocycles. The highest BCUT2D eigenvalue weighted by atomic mass is 16.5. The van der Waals surface area contributed by atoms with Crippen molar-refractivity contribution in [2.24, 2.45) is 39.7 Å². The maximum absolute atomic E-state index is 11.8. The third-order valence-electron chi connectivity index (χ3n) is 8.88. The van der Waals surface area contributed by atoms with Gasteiger partial charge in [0.25, 0.3) is 0 Å². The summed E-state index contributed by atoms with van der Waals surface area (Å²) in [6, 6.07) is 0. The zero-order valence-electron chi connectivity index (χ0n) is 29.6. The van der Waals surface area contributed by atoms with Gasteiger partial charge in [-0.25, -0.2) is 19.2 Å². The van der Waals surface area contributed by atoms with E-state index in [1.807, 2.05) is 34.6 Å². The SMILES string of the molecule is C=C(C(=O)OCCN)C(C=C(C)C(=O)O)C(C)(C)C.C=C(C)C(=O)OC1CC2CCC1(C)C2(C)C.C=C(C)C(=O)OCC(C)C. The molecule has 2 saturated carbocycles. The van der Waals surface area contributed by atoms with Crippen LogP contribution < -0.4 is 5.73 Å². The summed E-state index contributed by atoms with van der Waals surface area (Å²) in [7, 11) is 0. The minimum Gasteiger partial charge on any atom is -0.478 e. The molecule has 4 unspecified atom stereocenters. The van der Waals surface area contributed by atoms with E-state index in [1.54, 1.807) is 13.8 Å². The van der Waals surface area contributed by atoms with E-state index in [4.69, 9.17) is 25.1 Å². The minimum atomic E-state index is -1.02. The number of hydrogen-bond donors (Lipinski definition) is 2. The zero-order valence-corrected chi connectivity index (χ0v) is 29.6. The Morgan fingerprint density at radius 2 is 1.49 bits per heavy atom. The van der Waals surface area contributed by atoms with E-state index >= 15 is 0 Å². The van der Waals surface area contributed by atoms with E-state index in [2.05, 4.69) is 40.5 Å². The maximum Gasteiger partial charge on any atom is 0.334 e. The Bertz CT molecular complexity index is 1140. The van der Waals surface area contributed by atoms with Crippen LogP contribution in [0.5, 0.6) is 0 Å². The molecule has 0 amide bonds. The summed E-state index contributed by atoms with van der Waals surface area (Å²) < 4.78 is 15.4. The monoisotopic (exact) mass is 633 g/mol. The molecule has 45 heavy (non-hydrogen) atoms. The van der Waals surface area contributed by atoms with Gasteiger partial charge in [0.2, 0.25) is 0 Å². The van der Waals surface area contributed by atoms with Crippen molar-refractivity contribution >= 4 is 23.9 Å². The van der Waals surface area contributed by atoms with Crippen LogP contribution in [-0.4, -0.2) is 54.8 Å². The Labute approximate surface area is 271 Å². The Morgan fingerprint density at radius 1 is 0.956 bits per heavy atom. The highest BCUT2D eigenvalue weighted by Crippen LogP contribution is 2.66. The Kier molecular flexibility index (Phi) is 16.2. The number of fused-ring (bicyclic) bond motifs is 2. The Hall–Kier alpha value is -3.20. The van der Waals surface area contributed by atoms with Gasteiger partial charge >= 0.3 is 23.9 Å². The summed E-state index contributed by atoms with van der Waals surface area (Å²) in [5.41, 5.74) is 6.75. The molecule has 2 aliphatic rings. The normalized spacial score (nSPS) is 22.1. The molecule has 0 heterocycles. The molecule has 0 aromatic rings. The van der Waals surface area contributed by atoms with Gasteiger partial charge in [0.05, 0.1) is 6.61 Å². The van der Waals surface area contributed by atoms with Gasteiger partial charge in [-0.05, 0) is 62.7 Å². The first-order valence-electron chi connectivity index (χ1n) is 15.6. The number of carbonyl (C=O) groups is 4. The third-order valence-corrected chi connectivity index (χ3v) is 8.88. The van der Waals surface area contributed by atoms with E-state index in [1.165, 1.54) is 25.8 Å². The second-order valence-corrected chi connectivity index (χ2v) is 14.5. The van der Waals surface area contributed by atoms with E-state index in [-0.39, 0.29) is 53.2 Å². The van der Waals surface area contributed by atoms with Crippen molar-refractivity contribution in [3.05, 3.63) is 48.1 Å². The van der Waals surface area contributed by atoms with Crippen LogP contribution in [0.25, 0.3) is 0 Å². The molecular weight excluding hydrogens is 574 g/mol. The lowest BCUT2D eigenvalue weighted by atomic mass is 9.70. The predicted octanol–water partition coefficient (Wildman–Crippen LogP) is 6.82. The molecule has 2 rings (SSSR count). The molecule has 2 aliphatic carbocycles. The van der Waals surface area contributed by atoms with Crippen LogP contribution in [-0.2, 0) is 33.4 Å². The average Bonchev–Trinajstić information content (AvgIpc) is 3.26. The molecule has 2 bridgehead atoms. The summed E-state index contributed by atoms with van der Waals surface area (Å²) >= 11 is 0. The molecular formula is C36H59NO8. The number of nitrogens with two attached hydrogens (primary N) is 1. The van der Waals surface area contributed by atoms with Crippen LogP contribution in [0.4, 0.5) is 0 Å². The highest BCUT2D eigenvalue weighted by molar-refractivity contribution is 5.90. The molecule has 3 N–H and O–H groups in total. The standard InChI is InChI=1S/C14H23NO4.C14H22O2.C8H14O2/c1-9(12(16)17)8-11(14(3,4)5)10(2)13(18)19-7-6-15;1-9(2)12(15)16-11-8-10-6-7-14(11,5)13(10,3)4;1-6(2)5-10-8(9)7(3)4/h8,11H,2,6-7,15H2,1,3-5H3,(H,16,17);10-11H,1,6-8H2,2-5H3;6H,3,5H2,1-2,4H3. The molecule has 2 fully saturated rings. The van der Waals surface area contributed by atoms with Crippen LogP contribution in [0.2, 0.25) is 0 Å². The average molecular weight is 634 g/mol. The predicted molar refractivity (Wildman–Crippen MR) is 178 cm³/mol. The van der Waals surface area contributed by atoms with Crippen LogP contribution in [0.1, 0.15) is 95.4 Å². The summed E-state index contributed by atoms with van der Waals surface area (Å²) in [5, 5.41) is 8.93. The van der Waals surface area contributed by atoms with Crippen molar-refractivity contribution < 1.29 is 38.5 Å². The summed E-state index contributed by atoms with van der Waals surface area (Å²) in [5.74, 6) is -1.39. The molecule has 256 valence electrons. The largest absolute Gasteiger partial charge is 0.478 e. The fourth-order valence-electron chi connectivity index (χ4n) is 5.47. The van der Waals surface area contributed by atoms with Crippen molar-refractivity contribution in [2.75, 3.05) is 19.8 Å². The van der Waals surface area contributed by atoms with Crippen molar-refractivity contribution in [3.63, 3.8) is 0 Å². The first-order valence-corrected chi connectivity index (χ1v) is 15.6. The van der Waals surface area contributed by atoms with Crippen molar-refractivity contribution in [1.29, 1.82) is 0 Å². The number of carboxylic acids is 1.